The van der Waals surface area contributed by atoms with Crippen molar-refractivity contribution in [1.82, 2.24) is 0 Å². The number of anilines is 1. The number of amides is 1. The molecule has 2 aromatic carbocycles. The minimum absolute atomic E-state index is 0.105. The molecule has 0 bridgehead atoms. The summed E-state index contributed by atoms with van der Waals surface area (Å²) >= 11 is 5.79. The van der Waals surface area contributed by atoms with Crippen molar-refractivity contribution in [3.8, 4) is 5.75 Å². The summed E-state index contributed by atoms with van der Waals surface area (Å²) in [7, 11) is 0. The molecule has 0 unspecified atom stereocenters. The second-order valence-electron chi connectivity index (χ2n) is 5.07. The summed E-state index contributed by atoms with van der Waals surface area (Å²) < 4.78 is 40.6. The van der Waals surface area contributed by atoms with E-state index in [-0.39, 0.29) is 17.8 Å². The number of ketones is 1. The lowest BCUT2D eigenvalue weighted by Crippen LogP contribution is -2.29. The summed E-state index contributed by atoms with van der Waals surface area (Å²) in [6, 6.07) is 9.91. The number of benzene rings is 2. The Hall–Kier alpha value is -2.54. The predicted octanol–water partition coefficient (Wildman–Crippen LogP) is 3.97. The maximum absolute atomic E-state index is 12.3. The Labute approximate surface area is 139 Å². The minimum atomic E-state index is -4.87. The largest absolute Gasteiger partial charge is 0.573 e. The van der Waals surface area contributed by atoms with Gasteiger partial charge in [0.05, 0.1) is 17.8 Å². The zero-order chi connectivity index (χ0) is 17.5. The maximum atomic E-state index is 12.3. The molecule has 1 aliphatic rings. The number of nitrogens with zero attached hydrogens (tertiary/aromatic N) is 1. The summed E-state index contributed by atoms with van der Waals surface area (Å²) in [4.78, 5) is 25.3. The quantitative estimate of drug-likeness (QED) is 0.783. The molecule has 0 N–H and O–H groups in total. The van der Waals surface area contributed by atoms with E-state index in [0.29, 0.717) is 5.02 Å². The lowest BCUT2D eigenvalue weighted by Gasteiger charge is -2.17. The van der Waals surface area contributed by atoms with Crippen molar-refractivity contribution in [2.45, 2.75) is 12.9 Å². The maximum Gasteiger partial charge on any atom is 0.573 e. The summed E-state index contributed by atoms with van der Waals surface area (Å²) in [5.41, 5.74) is 0.856. The Kier molecular flexibility index (Phi) is 3.96. The highest BCUT2D eigenvalue weighted by atomic mass is 35.5. The molecule has 24 heavy (non-hydrogen) atoms. The second kappa shape index (κ2) is 5.83. The molecule has 1 aliphatic heterocycles. The van der Waals surface area contributed by atoms with Gasteiger partial charge in [-0.2, -0.15) is 0 Å². The minimum Gasteiger partial charge on any atom is -0.406 e. The first-order valence-electron chi connectivity index (χ1n) is 6.75. The molecule has 1 heterocycles. The number of ether oxygens (including phenoxy) is 1. The van der Waals surface area contributed by atoms with Gasteiger partial charge in [-0.3, -0.25) is 9.59 Å². The highest BCUT2D eigenvalue weighted by molar-refractivity contribution is 6.52. The van der Waals surface area contributed by atoms with Crippen LogP contribution in [0.2, 0.25) is 5.02 Å². The van der Waals surface area contributed by atoms with E-state index in [2.05, 4.69) is 4.74 Å². The first-order chi connectivity index (χ1) is 11.2. The average molecular weight is 356 g/mol. The molecule has 2 aromatic rings. The van der Waals surface area contributed by atoms with E-state index >= 15 is 0 Å². The Bertz CT molecular complexity index is 818. The smallest absolute Gasteiger partial charge is 0.406 e. The predicted molar refractivity (Wildman–Crippen MR) is 80.1 cm³/mol. The van der Waals surface area contributed by atoms with E-state index in [4.69, 9.17) is 11.6 Å². The van der Waals surface area contributed by atoms with Crippen LogP contribution in [0, 0.1) is 0 Å². The number of hydrogen-bond acceptors (Lipinski definition) is 3. The van der Waals surface area contributed by atoms with Crippen molar-refractivity contribution in [2.24, 2.45) is 0 Å². The van der Waals surface area contributed by atoms with Gasteiger partial charge >= 0.3 is 6.36 Å². The standard InChI is InChI=1S/C16H9ClF3NO3/c17-10-3-1-9(2-4-10)8-21-13-6-5-11(24-16(18,19)20)7-12(13)14(22)15(21)23/h1-7H,8H2. The van der Waals surface area contributed by atoms with Gasteiger partial charge in [0.25, 0.3) is 11.7 Å². The normalized spacial score (nSPS) is 14.1. The topological polar surface area (TPSA) is 46.6 Å². The molecule has 0 spiro atoms. The van der Waals surface area contributed by atoms with E-state index in [1.165, 1.54) is 11.0 Å². The van der Waals surface area contributed by atoms with Crippen molar-refractivity contribution in [1.29, 1.82) is 0 Å². The van der Waals surface area contributed by atoms with Gasteiger partial charge in [0.2, 0.25) is 0 Å². The molecule has 4 nitrogen and oxygen atoms in total. The van der Waals surface area contributed by atoms with Crippen molar-refractivity contribution < 1.29 is 27.5 Å². The molecule has 3 rings (SSSR count). The number of hydrogen-bond donors (Lipinski definition) is 0. The van der Waals surface area contributed by atoms with E-state index in [9.17, 15) is 22.8 Å². The van der Waals surface area contributed by atoms with Gasteiger partial charge in [0.1, 0.15) is 5.75 Å². The monoisotopic (exact) mass is 355 g/mol. The molecule has 1 amide bonds. The molecule has 124 valence electrons. The Balaban J connectivity index is 1.91. The summed E-state index contributed by atoms with van der Waals surface area (Å²) in [6.07, 6.45) is -4.87. The van der Waals surface area contributed by atoms with Gasteiger partial charge < -0.3 is 9.64 Å². The van der Waals surface area contributed by atoms with Crippen molar-refractivity contribution in [2.75, 3.05) is 4.90 Å². The first-order valence-corrected chi connectivity index (χ1v) is 7.13. The van der Waals surface area contributed by atoms with Crippen molar-refractivity contribution in [3.63, 3.8) is 0 Å². The SMILES string of the molecule is O=C1C(=O)N(Cc2ccc(Cl)cc2)c2ccc(OC(F)(F)F)cc21. The third kappa shape index (κ3) is 3.21. The van der Waals surface area contributed by atoms with Crippen LogP contribution in [0.3, 0.4) is 0 Å². The van der Waals surface area contributed by atoms with Crippen LogP contribution in [0.4, 0.5) is 18.9 Å². The molecule has 8 heteroatoms. The van der Waals surface area contributed by atoms with E-state index in [0.717, 1.165) is 17.7 Å². The van der Waals surface area contributed by atoms with Crippen LogP contribution >= 0.6 is 11.6 Å². The Morgan fingerprint density at radius 3 is 2.33 bits per heavy atom. The number of fused-ring (bicyclic) bond motifs is 1. The molecule has 0 radical (unpaired) electrons. The fourth-order valence-electron chi connectivity index (χ4n) is 2.41. The van der Waals surface area contributed by atoms with E-state index in [1.54, 1.807) is 24.3 Å². The van der Waals surface area contributed by atoms with Crippen LogP contribution < -0.4 is 9.64 Å². The second-order valence-corrected chi connectivity index (χ2v) is 5.51. The fourth-order valence-corrected chi connectivity index (χ4v) is 2.53. The van der Waals surface area contributed by atoms with Crippen LogP contribution in [0.25, 0.3) is 0 Å². The van der Waals surface area contributed by atoms with Gasteiger partial charge in [0.15, 0.2) is 0 Å². The van der Waals surface area contributed by atoms with Gasteiger partial charge in [-0.1, -0.05) is 23.7 Å². The Morgan fingerprint density at radius 2 is 1.71 bits per heavy atom. The van der Waals surface area contributed by atoms with Gasteiger partial charge in [-0.15, -0.1) is 13.2 Å². The molecule has 0 aromatic heterocycles. The lowest BCUT2D eigenvalue weighted by atomic mass is 10.1. The molecule has 0 saturated heterocycles. The third-order valence-electron chi connectivity index (χ3n) is 3.43. The van der Waals surface area contributed by atoms with Crippen molar-refractivity contribution in [3.05, 3.63) is 58.6 Å². The van der Waals surface area contributed by atoms with Crippen LogP contribution in [0.1, 0.15) is 15.9 Å². The van der Waals surface area contributed by atoms with Crippen LogP contribution in [0.15, 0.2) is 42.5 Å². The number of halogens is 4. The number of carbonyl (C=O) groups excluding carboxylic acids is 2. The average Bonchev–Trinajstić information content (AvgIpc) is 2.73. The van der Waals surface area contributed by atoms with Gasteiger partial charge in [-0.25, -0.2) is 0 Å². The highest BCUT2D eigenvalue weighted by Crippen LogP contribution is 2.34. The van der Waals surface area contributed by atoms with E-state index < -0.39 is 23.8 Å². The number of carbonyl (C=O) groups is 2. The first kappa shape index (κ1) is 16.3. The summed E-state index contributed by atoms with van der Waals surface area (Å²) in [5.74, 6) is -2.22. The third-order valence-corrected chi connectivity index (χ3v) is 3.68. The lowest BCUT2D eigenvalue weighted by molar-refractivity contribution is -0.274. The van der Waals surface area contributed by atoms with Crippen LogP contribution in [-0.2, 0) is 11.3 Å². The highest BCUT2D eigenvalue weighted by Gasteiger charge is 2.37. The van der Waals surface area contributed by atoms with Crippen molar-refractivity contribution >= 4 is 29.0 Å². The van der Waals surface area contributed by atoms with E-state index in [1.807, 2.05) is 0 Å². The zero-order valence-corrected chi connectivity index (χ0v) is 12.7. The molecule has 0 saturated carbocycles. The molecular formula is C16H9ClF3NO3. The van der Waals surface area contributed by atoms with Gasteiger partial charge in [0, 0.05) is 5.02 Å². The number of alkyl halides is 3. The number of Topliss-reactive ketones (excluding diaryl/α,β-unsaturated/α-hetero) is 1. The van der Waals surface area contributed by atoms with Crippen LogP contribution in [-0.4, -0.2) is 18.1 Å². The fraction of sp³-hybridized carbons (Fsp3) is 0.125. The molecule has 0 atom stereocenters. The number of rotatable bonds is 3. The molecular weight excluding hydrogens is 347 g/mol. The molecule has 0 aliphatic carbocycles. The summed E-state index contributed by atoms with van der Waals surface area (Å²) in [5, 5.41) is 0.525. The van der Waals surface area contributed by atoms with Gasteiger partial charge in [-0.05, 0) is 35.9 Å². The summed E-state index contributed by atoms with van der Waals surface area (Å²) in [6.45, 7) is 0.105. The Morgan fingerprint density at radius 1 is 1.04 bits per heavy atom. The zero-order valence-electron chi connectivity index (χ0n) is 11.9. The van der Waals surface area contributed by atoms with Crippen LogP contribution in [0.5, 0.6) is 5.75 Å². The molecule has 0 fully saturated rings.